The second kappa shape index (κ2) is 6.80. The smallest absolute Gasteiger partial charge is 0.331 e. The first-order valence-corrected chi connectivity index (χ1v) is 7.35. The highest BCUT2D eigenvalue weighted by Crippen LogP contribution is 2.34. The number of fused-ring (bicyclic) bond motifs is 1. The fraction of sp³-hybridized carbons (Fsp3) is 0.467. The van der Waals surface area contributed by atoms with Crippen LogP contribution in [0.25, 0.3) is 0 Å². The molecule has 0 fully saturated rings. The fourth-order valence-electron chi connectivity index (χ4n) is 2.09. The lowest BCUT2D eigenvalue weighted by molar-refractivity contribution is -0.133. The molecular weight excluding hydrogens is 292 g/mol. The number of anilines is 1. The molecule has 0 saturated heterocycles. The van der Waals surface area contributed by atoms with Gasteiger partial charge in [0.05, 0.1) is 12.2 Å². The summed E-state index contributed by atoms with van der Waals surface area (Å²) in [6.07, 6.45) is 0.927. The number of nitrogens with one attached hydrogen (secondary N) is 1. The predicted octanol–water partition coefficient (Wildman–Crippen LogP) is 2.23. The van der Waals surface area contributed by atoms with Crippen LogP contribution in [-0.2, 0) is 9.59 Å². The Balaban J connectivity index is 2.02. The Bertz CT molecular complexity index is 546. The number of benzene rings is 1. The molecule has 1 N–H and O–H groups in total. The van der Waals surface area contributed by atoms with Crippen LogP contribution >= 0.6 is 11.6 Å². The molecule has 2 rings (SSSR count). The molecule has 5 nitrogen and oxygen atoms in total. The zero-order valence-electron chi connectivity index (χ0n) is 12.2. The van der Waals surface area contributed by atoms with Crippen LogP contribution in [0, 0.1) is 5.92 Å². The van der Waals surface area contributed by atoms with Crippen molar-refractivity contribution in [3.8, 4) is 5.75 Å². The minimum atomic E-state index is -0.375. The third-order valence-electron chi connectivity index (χ3n) is 3.18. The Hall–Kier alpha value is -1.75. The van der Waals surface area contributed by atoms with Crippen LogP contribution < -0.4 is 15.0 Å². The van der Waals surface area contributed by atoms with Crippen molar-refractivity contribution in [3.05, 3.63) is 23.2 Å². The number of hydrogen-bond acceptors (Lipinski definition) is 4. The number of halogens is 1. The minimum Gasteiger partial charge on any atom is -0.423 e. The Morgan fingerprint density at radius 2 is 2.24 bits per heavy atom. The van der Waals surface area contributed by atoms with Crippen molar-refractivity contribution in [3.63, 3.8) is 0 Å². The van der Waals surface area contributed by atoms with Crippen molar-refractivity contribution in [2.45, 2.75) is 20.3 Å². The molecule has 0 bridgehead atoms. The average molecular weight is 311 g/mol. The first kappa shape index (κ1) is 15.6. The second-order valence-corrected chi connectivity index (χ2v) is 5.91. The maximum Gasteiger partial charge on any atom is 0.331 e. The SMILES string of the molecule is CC(C)CCNC(=O)CN1CC(=O)Oc2ccc(Cl)cc21. The highest BCUT2D eigenvalue weighted by Gasteiger charge is 2.25. The first-order valence-electron chi connectivity index (χ1n) is 6.97. The third kappa shape index (κ3) is 4.36. The lowest BCUT2D eigenvalue weighted by Crippen LogP contribution is -2.43. The number of amides is 1. The molecule has 1 aromatic carbocycles. The van der Waals surface area contributed by atoms with Gasteiger partial charge in [0, 0.05) is 11.6 Å². The van der Waals surface area contributed by atoms with Crippen molar-refractivity contribution in [1.29, 1.82) is 0 Å². The van der Waals surface area contributed by atoms with Crippen molar-refractivity contribution in [1.82, 2.24) is 5.32 Å². The first-order chi connectivity index (χ1) is 9.95. The summed E-state index contributed by atoms with van der Waals surface area (Å²) in [5, 5.41) is 3.39. The summed E-state index contributed by atoms with van der Waals surface area (Å²) in [6, 6.07) is 4.99. The molecule has 1 aliphatic rings. The number of carbonyl (C=O) groups is 2. The van der Waals surface area contributed by atoms with E-state index in [1.54, 1.807) is 23.1 Å². The molecule has 21 heavy (non-hydrogen) atoms. The van der Waals surface area contributed by atoms with Crippen LogP contribution in [0.2, 0.25) is 5.02 Å². The van der Waals surface area contributed by atoms with E-state index in [0.717, 1.165) is 6.42 Å². The van der Waals surface area contributed by atoms with Gasteiger partial charge in [-0.15, -0.1) is 0 Å². The standard InChI is InChI=1S/C15H19ClN2O3/c1-10(2)5-6-17-14(19)8-18-9-15(20)21-13-4-3-11(16)7-12(13)18/h3-4,7,10H,5-6,8-9H2,1-2H3,(H,17,19). The number of nitrogens with zero attached hydrogens (tertiary/aromatic N) is 1. The molecule has 114 valence electrons. The van der Waals surface area contributed by atoms with Crippen LogP contribution in [0.15, 0.2) is 18.2 Å². The molecule has 1 aromatic rings. The number of rotatable bonds is 5. The Labute approximate surface area is 129 Å². The zero-order chi connectivity index (χ0) is 15.4. The number of hydrogen-bond donors (Lipinski definition) is 1. The van der Waals surface area contributed by atoms with E-state index in [1.165, 1.54) is 0 Å². The van der Waals surface area contributed by atoms with Gasteiger partial charge in [0.15, 0.2) is 5.75 Å². The normalized spacial score (nSPS) is 13.9. The van der Waals surface area contributed by atoms with Gasteiger partial charge in [0.25, 0.3) is 0 Å². The highest BCUT2D eigenvalue weighted by atomic mass is 35.5. The van der Waals surface area contributed by atoms with Gasteiger partial charge in [-0.2, -0.15) is 0 Å². The molecule has 0 atom stereocenters. The van der Waals surface area contributed by atoms with Crippen LogP contribution in [0.1, 0.15) is 20.3 Å². The molecule has 6 heteroatoms. The fourth-order valence-corrected chi connectivity index (χ4v) is 2.26. The highest BCUT2D eigenvalue weighted by molar-refractivity contribution is 6.31. The van der Waals surface area contributed by atoms with E-state index in [4.69, 9.17) is 16.3 Å². The van der Waals surface area contributed by atoms with E-state index in [1.807, 2.05) is 0 Å². The molecule has 0 aromatic heterocycles. The summed E-state index contributed by atoms with van der Waals surface area (Å²) in [7, 11) is 0. The van der Waals surface area contributed by atoms with Crippen LogP contribution in [-0.4, -0.2) is 31.5 Å². The molecular formula is C15H19ClN2O3. The van der Waals surface area contributed by atoms with Crippen molar-refractivity contribution in [2.24, 2.45) is 5.92 Å². The summed E-state index contributed by atoms with van der Waals surface area (Å²) in [5.41, 5.74) is 0.668. The van der Waals surface area contributed by atoms with E-state index >= 15 is 0 Å². The third-order valence-corrected chi connectivity index (χ3v) is 3.42. The zero-order valence-corrected chi connectivity index (χ0v) is 12.9. The molecule has 1 amide bonds. The van der Waals surface area contributed by atoms with Gasteiger partial charge in [-0.3, -0.25) is 4.79 Å². The Morgan fingerprint density at radius 3 is 2.95 bits per heavy atom. The molecule has 1 heterocycles. The molecule has 0 aliphatic carbocycles. The molecule has 0 unspecified atom stereocenters. The maximum absolute atomic E-state index is 12.0. The minimum absolute atomic E-state index is 0.0466. The largest absolute Gasteiger partial charge is 0.423 e. The summed E-state index contributed by atoms with van der Waals surface area (Å²) in [4.78, 5) is 25.2. The second-order valence-electron chi connectivity index (χ2n) is 5.47. The van der Waals surface area contributed by atoms with E-state index in [0.29, 0.717) is 28.9 Å². The summed E-state index contributed by atoms with van der Waals surface area (Å²) in [5.74, 6) is 0.483. The lowest BCUT2D eigenvalue weighted by Gasteiger charge is -2.29. The summed E-state index contributed by atoms with van der Waals surface area (Å²) < 4.78 is 5.14. The lowest BCUT2D eigenvalue weighted by atomic mass is 10.1. The average Bonchev–Trinajstić information content (AvgIpc) is 2.39. The summed E-state index contributed by atoms with van der Waals surface area (Å²) in [6.45, 7) is 5.00. The topological polar surface area (TPSA) is 58.6 Å². The molecule has 0 saturated carbocycles. The van der Waals surface area contributed by atoms with Gasteiger partial charge < -0.3 is 15.0 Å². The van der Waals surface area contributed by atoms with Crippen LogP contribution in [0.4, 0.5) is 5.69 Å². The van der Waals surface area contributed by atoms with Gasteiger partial charge in [0.1, 0.15) is 6.54 Å². The van der Waals surface area contributed by atoms with Crippen molar-refractivity contribution < 1.29 is 14.3 Å². The molecule has 1 aliphatic heterocycles. The van der Waals surface area contributed by atoms with Crippen molar-refractivity contribution in [2.75, 3.05) is 24.5 Å². The Morgan fingerprint density at radius 1 is 1.48 bits per heavy atom. The molecule has 0 radical (unpaired) electrons. The number of ether oxygens (including phenoxy) is 1. The van der Waals surface area contributed by atoms with Crippen molar-refractivity contribution >= 4 is 29.2 Å². The van der Waals surface area contributed by atoms with E-state index in [9.17, 15) is 9.59 Å². The van der Waals surface area contributed by atoms with Crippen LogP contribution in [0.5, 0.6) is 5.75 Å². The monoisotopic (exact) mass is 310 g/mol. The van der Waals surface area contributed by atoms with Gasteiger partial charge in [-0.25, -0.2) is 4.79 Å². The predicted molar refractivity (Wildman–Crippen MR) is 81.8 cm³/mol. The molecule has 0 spiro atoms. The summed E-state index contributed by atoms with van der Waals surface area (Å²) >= 11 is 5.97. The van der Waals surface area contributed by atoms with Gasteiger partial charge in [0.2, 0.25) is 5.91 Å². The Kier molecular flexibility index (Phi) is 5.07. The number of carbonyl (C=O) groups excluding carboxylic acids is 2. The quantitative estimate of drug-likeness (QED) is 0.669. The van der Waals surface area contributed by atoms with Crippen LogP contribution in [0.3, 0.4) is 0 Å². The van der Waals surface area contributed by atoms with Gasteiger partial charge >= 0.3 is 5.97 Å². The maximum atomic E-state index is 12.0. The van der Waals surface area contributed by atoms with Gasteiger partial charge in [-0.1, -0.05) is 25.4 Å². The van der Waals surface area contributed by atoms with E-state index in [-0.39, 0.29) is 25.0 Å². The van der Waals surface area contributed by atoms with Gasteiger partial charge in [-0.05, 0) is 30.5 Å². The van der Waals surface area contributed by atoms with E-state index < -0.39 is 0 Å². The number of esters is 1. The van der Waals surface area contributed by atoms with E-state index in [2.05, 4.69) is 19.2 Å².